The molecule has 1 N–H and O–H groups in total. The van der Waals surface area contributed by atoms with E-state index in [1.165, 1.54) is 18.4 Å². The molecule has 1 aromatic rings. The standard InChI is InChI=1S/C17H25BrN2O/c1-13(15-8-7-9-16(18)12-15)19-14(2)17(21)20-10-5-3-4-6-11-20/h7-9,12-14,19H,3-6,10-11H2,1-2H3. The van der Waals surface area contributed by atoms with Crippen molar-refractivity contribution in [3.8, 4) is 0 Å². The van der Waals surface area contributed by atoms with Gasteiger partial charge in [-0.2, -0.15) is 0 Å². The summed E-state index contributed by atoms with van der Waals surface area (Å²) in [5, 5.41) is 3.43. The molecule has 2 rings (SSSR count). The number of nitrogens with one attached hydrogen (secondary N) is 1. The van der Waals surface area contributed by atoms with E-state index >= 15 is 0 Å². The molecule has 4 heteroatoms. The van der Waals surface area contributed by atoms with Gasteiger partial charge in [0.05, 0.1) is 6.04 Å². The van der Waals surface area contributed by atoms with Crippen LogP contribution in [0.1, 0.15) is 51.1 Å². The zero-order chi connectivity index (χ0) is 15.2. The van der Waals surface area contributed by atoms with E-state index in [4.69, 9.17) is 0 Å². The molecule has 0 saturated carbocycles. The summed E-state index contributed by atoms with van der Waals surface area (Å²) in [6, 6.07) is 8.25. The summed E-state index contributed by atoms with van der Waals surface area (Å²) in [4.78, 5) is 14.6. The molecular weight excluding hydrogens is 328 g/mol. The summed E-state index contributed by atoms with van der Waals surface area (Å²) >= 11 is 3.49. The molecule has 0 radical (unpaired) electrons. The molecule has 1 saturated heterocycles. The number of likely N-dealkylation sites (tertiary alicyclic amines) is 1. The smallest absolute Gasteiger partial charge is 0.239 e. The van der Waals surface area contributed by atoms with Crippen LogP contribution in [0.25, 0.3) is 0 Å². The van der Waals surface area contributed by atoms with Crippen LogP contribution in [0, 0.1) is 0 Å². The third kappa shape index (κ3) is 4.82. The first kappa shape index (κ1) is 16.5. The molecule has 1 aromatic carbocycles. The minimum absolute atomic E-state index is 0.142. The maximum atomic E-state index is 12.5. The number of halogens is 1. The minimum Gasteiger partial charge on any atom is -0.341 e. The second-order valence-electron chi connectivity index (χ2n) is 5.90. The molecular formula is C17H25BrN2O. The molecule has 1 heterocycles. The van der Waals surface area contributed by atoms with Crippen LogP contribution in [-0.2, 0) is 4.79 Å². The van der Waals surface area contributed by atoms with E-state index in [1.54, 1.807) is 0 Å². The van der Waals surface area contributed by atoms with Crippen molar-refractivity contribution in [3.63, 3.8) is 0 Å². The van der Waals surface area contributed by atoms with E-state index in [-0.39, 0.29) is 18.0 Å². The van der Waals surface area contributed by atoms with Crippen molar-refractivity contribution in [3.05, 3.63) is 34.3 Å². The molecule has 116 valence electrons. The van der Waals surface area contributed by atoms with Crippen LogP contribution in [-0.4, -0.2) is 29.9 Å². The van der Waals surface area contributed by atoms with Gasteiger partial charge in [0.25, 0.3) is 0 Å². The third-order valence-electron chi connectivity index (χ3n) is 4.14. The Morgan fingerprint density at radius 1 is 1.19 bits per heavy atom. The van der Waals surface area contributed by atoms with Gasteiger partial charge >= 0.3 is 0 Å². The molecule has 2 atom stereocenters. The maximum absolute atomic E-state index is 12.5. The highest BCUT2D eigenvalue weighted by molar-refractivity contribution is 9.10. The Hall–Kier alpha value is -0.870. The normalized spacial score (nSPS) is 18.9. The Balaban J connectivity index is 1.93. The lowest BCUT2D eigenvalue weighted by molar-refractivity contribution is -0.133. The van der Waals surface area contributed by atoms with Crippen molar-refractivity contribution in [1.29, 1.82) is 0 Å². The first-order chi connectivity index (χ1) is 10.1. The van der Waals surface area contributed by atoms with Gasteiger partial charge in [0.1, 0.15) is 0 Å². The summed E-state index contributed by atoms with van der Waals surface area (Å²) < 4.78 is 1.07. The van der Waals surface area contributed by atoms with Gasteiger partial charge in [-0.1, -0.05) is 40.9 Å². The summed E-state index contributed by atoms with van der Waals surface area (Å²) in [7, 11) is 0. The lowest BCUT2D eigenvalue weighted by Crippen LogP contribution is -2.45. The van der Waals surface area contributed by atoms with E-state index in [0.717, 1.165) is 30.4 Å². The van der Waals surface area contributed by atoms with Crippen molar-refractivity contribution in [2.75, 3.05) is 13.1 Å². The fourth-order valence-electron chi connectivity index (χ4n) is 2.88. The maximum Gasteiger partial charge on any atom is 0.239 e. The van der Waals surface area contributed by atoms with Gasteiger partial charge in [-0.25, -0.2) is 0 Å². The zero-order valence-electron chi connectivity index (χ0n) is 12.9. The van der Waals surface area contributed by atoms with E-state index in [0.29, 0.717) is 0 Å². The predicted molar refractivity (Wildman–Crippen MR) is 90.2 cm³/mol. The van der Waals surface area contributed by atoms with Crippen LogP contribution in [0.4, 0.5) is 0 Å². The first-order valence-corrected chi connectivity index (χ1v) is 8.67. The molecule has 1 aliphatic heterocycles. The number of hydrogen-bond donors (Lipinski definition) is 1. The lowest BCUT2D eigenvalue weighted by atomic mass is 10.1. The van der Waals surface area contributed by atoms with Gasteiger partial charge < -0.3 is 4.90 Å². The molecule has 0 bridgehead atoms. The van der Waals surface area contributed by atoms with Crippen LogP contribution in [0.5, 0.6) is 0 Å². The topological polar surface area (TPSA) is 32.3 Å². The number of carbonyl (C=O) groups is 1. The number of amides is 1. The summed E-state index contributed by atoms with van der Waals surface area (Å²) in [6.45, 7) is 5.90. The van der Waals surface area contributed by atoms with Gasteiger partial charge in [0.15, 0.2) is 0 Å². The van der Waals surface area contributed by atoms with Gasteiger partial charge in [0.2, 0.25) is 5.91 Å². The van der Waals surface area contributed by atoms with Gasteiger partial charge in [-0.3, -0.25) is 10.1 Å². The van der Waals surface area contributed by atoms with Gasteiger partial charge in [-0.05, 0) is 44.4 Å². The fraction of sp³-hybridized carbons (Fsp3) is 0.588. The van der Waals surface area contributed by atoms with Crippen LogP contribution in [0.2, 0.25) is 0 Å². The van der Waals surface area contributed by atoms with E-state index in [2.05, 4.69) is 40.3 Å². The number of nitrogens with zero attached hydrogens (tertiary/aromatic N) is 1. The molecule has 0 aromatic heterocycles. The highest BCUT2D eigenvalue weighted by Crippen LogP contribution is 2.19. The number of rotatable bonds is 4. The van der Waals surface area contributed by atoms with Crippen molar-refractivity contribution in [2.45, 2.75) is 51.6 Å². The SMILES string of the molecule is CC(NC(C)c1cccc(Br)c1)C(=O)N1CCCCCC1. The Morgan fingerprint density at radius 2 is 1.86 bits per heavy atom. The molecule has 21 heavy (non-hydrogen) atoms. The van der Waals surface area contributed by atoms with Crippen molar-refractivity contribution in [2.24, 2.45) is 0 Å². The second kappa shape index (κ2) is 7.95. The van der Waals surface area contributed by atoms with Gasteiger partial charge in [-0.15, -0.1) is 0 Å². The zero-order valence-corrected chi connectivity index (χ0v) is 14.5. The van der Waals surface area contributed by atoms with E-state index in [9.17, 15) is 4.79 Å². The monoisotopic (exact) mass is 352 g/mol. The molecule has 0 spiro atoms. The molecule has 1 fully saturated rings. The summed E-state index contributed by atoms with van der Waals surface area (Å²) in [6.07, 6.45) is 4.78. The number of benzene rings is 1. The predicted octanol–water partition coefficient (Wildman–Crippen LogP) is 3.89. The van der Waals surface area contributed by atoms with E-state index < -0.39 is 0 Å². The highest BCUT2D eigenvalue weighted by atomic mass is 79.9. The molecule has 0 aliphatic carbocycles. The summed E-state index contributed by atoms with van der Waals surface area (Å²) in [5.41, 5.74) is 1.19. The molecule has 1 amide bonds. The Morgan fingerprint density at radius 3 is 2.48 bits per heavy atom. The Labute approximate surface area is 136 Å². The van der Waals surface area contributed by atoms with Crippen molar-refractivity contribution < 1.29 is 4.79 Å². The Kier molecular flexibility index (Phi) is 6.24. The third-order valence-corrected chi connectivity index (χ3v) is 4.63. The van der Waals surface area contributed by atoms with Crippen LogP contribution in [0.3, 0.4) is 0 Å². The Bertz CT molecular complexity index is 470. The minimum atomic E-state index is -0.142. The lowest BCUT2D eigenvalue weighted by Gasteiger charge is -2.27. The van der Waals surface area contributed by atoms with Crippen molar-refractivity contribution in [1.82, 2.24) is 10.2 Å². The quantitative estimate of drug-likeness (QED) is 0.891. The molecule has 2 unspecified atom stereocenters. The number of carbonyl (C=O) groups excluding carboxylic acids is 1. The van der Waals surface area contributed by atoms with Gasteiger partial charge in [0, 0.05) is 23.6 Å². The van der Waals surface area contributed by atoms with Crippen LogP contribution in [0.15, 0.2) is 28.7 Å². The first-order valence-electron chi connectivity index (χ1n) is 7.88. The average molecular weight is 353 g/mol. The average Bonchev–Trinajstić information content (AvgIpc) is 2.75. The largest absolute Gasteiger partial charge is 0.341 e. The van der Waals surface area contributed by atoms with Crippen LogP contribution < -0.4 is 5.32 Å². The molecule has 3 nitrogen and oxygen atoms in total. The fourth-order valence-corrected chi connectivity index (χ4v) is 3.30. The number of hydrogen-bond acceptors (Lipinski definition) is 2. The molecule has 1 aliphatic rings. The second-order valence-corrected chi connectivity index (χ2v) is 6.82. The van der Waals surface area contributed by atoms with Crippen LogP contribution >= 0.6 is 15.9 Å². The summed E-state index contributed by atoms with van der Waals surface area (Å²) in [5.74, 6) is 0.235. The van der Waals surface area contributed by atoms with E-state index in [1.807, 2.05) is 24.0 Å². The van der Waals surface area contributed by atoms with Crippen molar-refractivity contribution >= 4 is 21.8 Å². The highest BCUT2D eigenvalue weighted by Gasteiger charge is 2.22.